The Labute approximate surface area is 120 Å². The molecule has 0 aromatic carbocycles. The number of morpholine rings is 1. The van der Waals surface area contributed by atoms with E-state index in [2.05, 4.69) is 43.6 Å². The Morgan fingerprint density at radius 1 is 1.26 bits per heavy atom. The topological polar surface area (TPSA) is 21.3 Å². The summed E-state index contributed by atoms with van der Waals surface area (Å²) in [5.41, 5.74) is 0.576. The molecule has 1 saturated heterocycles. The van der Waals surface area contributed by atoms with Crippen LogP contribution in [0, 0.1) is 5.41 Å². The number of rotatable bonds is 1. The molecule has 2 aliphatic rings. The lowest BCUT2D eigenvalue weighted by atomic mass is 9.70. The molecule has 2 heterocycles. The molecule has 1 saturated carbocycles. The minimum Gasteiger partial charge on any atom is -0.363 e. The molecule has 0 amide bonds. The Morgan fingerprint density at radius 3 is 2.63 bits per heavy atom. The van der Waals surface area contributed by atoms with Crippen LogP contribution in [0.1, 0.15) is 57.4 Å². The zero-order valence-electron chi connectivity index (χ0n) is 12.2. The Bertz CT molecular complexity index is 416. The summed E-state index contributed by atoms with van der Waals surface area (Å²) in [7, 11) is 0. The monoisotopic (exact) mass is 279 g/mol. The summed E-state index contributed by atoms with van der Waals surface area (Å²) in [6.07, 6.45) is 5.18. The lowest BCUT2D eigenvalue weighted by Gasteiger charge is -2.49. The first kappa shape index (κ1) is 13.6. The van der Waals surface area contributed by atoms with Gasteiger partial charge < -0.3 is 10.1 Å². The minimum atomic E-state index is 0.0800. The second-order valence-electron chi connectivity index (χ2n) is 7.07. The highest BCUT2D eigenvalue weighted by Crippen LogP contribution is 2.46. The van der Waals surface area contributed by atoms with Gasteiger partial charge in [0.05, 0.1) is 5.60 Å². The van der Waals surface area contributed by atoms with Crippen LogP contribution >= 0.6 is 11.3 Å². The number of ether oxygens (including phenoxy) is 1. The molecule has 3 rings (SSSR count). The van der Waals surface area contributed by atoms with Gasteiger partial charge in [-0.15, -0.1) is 11.3 Å². The molecule has 19 heavy (non-hydrogen) atoms. The van der Waals surface area contributed by atoms with E-state index in [-0.39, 0.29) is 11.7 Å². The largest absolute Gasteiger partial charge is 0.363 e. The van der Waals surface area contributed by atoms with Crippen molar-refractivity contribution >= 4 is 11.3 Å². The summed E-state index contributed by atoms with van der Waals surface area (Å²) in [6, 6.07) is 4.75. The number of hydrogen-bond donors (Lipinski definition) is 1. The van der Waals surface area contributed by atoms with Gasteiger partial charge in [0.15, 0.2) is 0 Å². The number of hydrogen-bond acceptors (Lipinski definition) is 3. The molecule has 2 nitrogen and oxygen atoms in total. The normalized spacial score (nSPS) is 33.4. The third-order valence-electron chi connectivity index (χ3n) is 4.92. The Kier molecular flexibility index (Phi) is 3.48. The van der Waals surface area contributed by atoms with Crippen LogP contribution in [0.3, 0.4) is 0 Å². The maximum Gasteiger partial charge on any atom is 0.107 e. The molecular weight excluding hydrogens is 254 g/mol. The van der Waals surface area contributed by atoms with E-state index in [0.29, 0.717) is 11.5 Å². The van der Waals surface area contributed by atoms with Crippen LogP contribution in [0.25, 0.3) is 0 Å². The number of thiophene rings is 1. The molecule has 106 valence electrons. The summed E-state index contributed by atoms with van der Waals surface area (Å²) in [4.78, 5) is 1.36. The lowest BCUT2D eigenvalue weighted by Crippen LogP contribution is -2.56. The first-order valence-corrected chi connectivity index (χ1v) is 8.32. The first-order chi connectivity index (χ1) is 9.00. The molecule has 1 aliphatic carbocycles. The predicted molar refractivity (Wildman–Crippen MR) is 80.6 cm³/mol. The second kappa shape index (κ2) is 4.87. The van der Waals surface area contributed by atoms with Gasteiger partial charge in [-0.3, -0.25) is 0 Å². The molecule has 2 fully saturated rings. The standard InChI is InChI=1S/C16H25NOS/c1-12-14(13-5-4-10-19-13)18-16(11-17-12)8-6-15(2,3)7-9-16/h4-5,10,12,14,17H,6-9,11H2,1-3H3. The van der Waals surface area contributed by atoms with Crippen LogP contribution in [0.5, 0.6) is 0 Å². The lowest BCUT2D eigenvalue weighted by molar-refractivity contribution is -0.160. The fourth-order valence-corrected chi connectivity index (χ4v) is 4.16. The van der Waals surface area contributed by atoms with Crippen LogP contribution < -0.4 is 5.32 Å². The third kappa shape index (κ3) is 2.74. The van der Waals surface area contributed by atoms with Crippen molar-refractivity contribution in [3.05, 3.63) is 22.4 Å². The summed E-state index contributed by atoms with van der Waals surface area (Å²) in [5, 5.41) is 5.84. The van der Waals surface area contributed by atoms with Gasteiger partial charge in [-0.1, -0.05) is 19.9 Å². The molecule has 1 aliphatic heterocycles. The van der Waals surface area contributed by atoms with Crippen LogP contribution in [-0.2, 0) is 4.74 Å². The van der Waals surface area contributed by atoms with E-state index >= 15 is 0 Å². The van der Waals surface area contributed by atoms with E-state index in [4.69, 9.17) is 4.74 Å². The van der Waals surface area contributed by atoms with Crippen LogP contribution in [-0.4, -0.2) is 18.2 Å². The fraction of sp³-hybridized carbons (Fsp3) is 0.750. The Hall–Kier alpha value is -0.380. The molecule has 1 aromatic heterocycles. The Balaban J connectivity index is 1.75. The zero-order chi connectivity index (χ0) is 13.5. The van der Waals surface area contributed by atoms with Crippen molar-refractivity contribution in [2.24, 2.45) is 5.41 Å². The first-order valence-electron chi connectivity index (χ1n) is 7.44. The molecule has 2 unspecified atom stereocenters. The van der Waals surface area contributed by atoms with Gasteiger partial charge in [0.2, 0.25) is 0 Å². The highest BCUT2D eigenvalue weighted by Gasteiger charge is 2.44. The van der Waals surface area contributed by atoms with Crippen molar-refractivity contribution in [2.45, 2.75) is 64.2 Å². The van der Waals surface area contributed by atoms with Gasteiger partial charge >= 0.3 is 0 Å². The van der Waals surface area contributed by atoms with Gasteiger partial charge in [0, 0.05) is 17.5 Å². The zero-order valence-corrected chi connectivity index (χ0v) is 13.1. The van der Waals surface area contributed by atoms with Crippen molar-refractivity contribution in [2.75, 3.05) is 6.54 Å². The third-order valence-corrected chi connectivity index (χ3v) is 5.85. The Morgan fingerprint density at radius 2 is 2.00 bits per heavy atom. The average molecular weight is 279 g/mol. The van der Waals surface area contributed by atoms with Gasteiger partial charge in [-0.05, 0) is 49.5 Å². The van der Waals surface area contributed by atoms with Crippen molar-refractivity contribution in [3.63, 3.8) is 0 Å². The molecule has 3 heteroatoms. The SMILES string of the molecule is CC1NCC2(CCC(C)(C)CC2)OC1c1cccs1. The molecule has 1 N–H and O–H groups in total. The van der Waals surface area contributed by atoms with Crippen LogP contribution in [0.2, 0.25) is 0 Å². The van der Waals surface area contributed by atoms with Gasteiger partial charge in [0.1, 0.15) is 6.10 Å². The summed E-state index contributed by atoms with van der Waals surface area (Å²) in [5.74, 6) is 0. The van der Waals surface area contributed by atoms with E-state index in [1.807, 2.05) is 11.3 Å². The molecule has 0 bridgehead atoms. The van der Waals surface area contributed by atoms with Gasteiger partial charge in [0.25, 0.3) is 0 Å². The van der Waals surface area contributed by atoms with Crippen molar-refractivity contribution in [1.82, 2.24) is 5.32 Å². The fourth-order valence-electron chi connectivity index (χ4n) is 3.30. The van der Waals surface area contributed by atoms with E-state index in [0.717, 1.165) is 6.54 Å². The van der Waals surface area contributed by atoms with Crippen molar-refractivity contribution in [3.8, 4) is 0 Å². The molecular formula is C16H25NOS. The van der Waals surface area contributed by atoms with Crippen LogP contribution in [0.4, 0.5) is 0 Å². The predicted octanol–water partition coefficient (Wildman–Crippen LogP) is 4.14. The quantitative estimate of drug-likeness (QED) is 0.834. The highest BCUT2D eigenvalue weighted by atomic mass is 32.1. The average Bonchev–Trinajstić information content (AvgIpc) is 2.90. The maximum absolute atomic E-state index is 6.61. The minimum absolute atomic E-state index is 0.0800. The van der Waals surface area contributed by atoms with Gasteiger partial charge in [-0.25, -0.2) is 0 Å². The van der Waals surface area contributed by atoms with Crippen LogP contribution in [0.15, 0.2) is 17.5 Å². The smallest absolute Gasteiger partial charge is 0.107 e. The van der Waals surface area contributed by atoms with E-state index in [1.54, 1.807) is 0 Å². The molecule has 1 spiro atoms. The van der Waals surface area contributed by atoms with E-state index < -0.39 is 0 Å². The maximum atomic E-state index is 6.61. The highest BCUT2D eigenvalue weighted by molar-refractivity contribution is 7.10. The molecule has 0 radical (unpaired) electrons. The van der Waals surface area contributed by atoms with Gasteiger partial charge in [-0.2, -0.15) is 0 Å². The summed E-state index contributed by atoms with van der Waals surface area (Å²) < 4.78 is 6.61. The van der Waals surface area contributed by atoms with E-state index in [1.165, 1.54) is 30.6 Å². The van der Waals surface area contributed by atoms with Crippen molar-refractivity contribution < 1.29 is 4.74 Å². The summed E-state index contributed by atoms with van der Waals surface area (Å²) in [6.45, 7) is 8.03. The number of nitrogens with one attached hydrogen (secondary N) is 1. The molecule has 2 atom stereocenters. The van der Waals surface area contributed by atoms with E-state index in [9.17, 15) is 0 Å². The van der Waals surface area contributed by atoms with Crippen molar-refractivity contribution in [1.29, 1.82) is 0 Å². The second-order valence-corrected chi connectivity index (χ2v) is 8.05. The summed E-state index contributed by atoms with van der Waals surface area (Å²) >= 11 is 1.82. The molecule has 1 aromatic rings.